The molecule has 1 rings (SSSR count). The second-order valence-corrected chi connectivity index (χ2v) is 2.72. The van der Waals surface area contributed by atoms with Crippen LogP contribution < -0.4 is 0 Å². The van der Waals surface area contributed by atoms with E-state index in [9.17, 15) is 0 Å². The Balaban J connectivity index is 2.60. The fourth-order valence-electron chi connectivity index (χ4n) is 1.41. The van der Waals surface area contributed by atoms with E-state index in [0.29, 0.717) is 5.92 Å². The second kappa shape index (κ2) is 4.12. The smallest absolute Gasteiger partial charge is 0.0276 e. The first-order valence-electron chi connectivity index (χ1n) is 4.17. The van der Waals surface area contributed by atoms with E-state index in [1.807, 2.05) is 7.05 Å². The molecule has 0 bridgehead atoms. The Hall–Kier alpha value is -0.850. The SMILES string of the molecule is CCC(=NC)C1C=CC=CC1. The highest BCUT2D eigenvalue weighted by Gasteiger charge is 2.09. The summed E-state index contributed by atoms with van der Waals surface area (Å²) >= 11 is 0. The van der Waals surface area contributed by atoms with Gasteiger partial charge in [-0.05, 0) is 12.8 Å². The number of hydrogen-bond donors (Lipinski definition) is 0. The van der Waals surface area contributed by atoms with Crippen LogP contribution in [0.5, 0.6) is 0 Å². The lowest BCUT2D eigenvalue weighted by atomic mass is 9.94. The predicted octanol–water partition coefficient (Wildman–Crippen LogP) is 2.60. The molecule has 60 valence electrons. The Bertz CT molecular complexity index is 199. The Morgan fingerprint density at radius 1 is 1.55 bits per heavy atom. The van der Waals surface area contributed by atoms with Crippen molar-refractivity contribution in [1.29, 1.82) is 0 Å². The van der Waals surface area contributed by atoms with Crippen molar-refractivity contribution >= 4 is 5.71 Å². The molecule has 0 amide bonds. The van der Waals surface area contributed by atoms with Gasteiger partial charge in [-0.1, -0.05) is 31.2 Å². The lowest BCUT2D eigenvalue weighted by Crippen LogP contribution is -2.11. The van der Waals surface area contributed by atoms with Gasteiger partial charge in [0.2, 0.25) is 0 Å². The summed E-state index contributed by atoms with van der Waals surface area (Å²) < 4.78 is 0. The minimum absolute atomic E-state index is 0.565. The molecule has 0 fully saturated rings. The maximum absolute atomic E-state index is 4.26. The molecule has 0 radical (unpaired) electrons. The second-order valence-electron chi connectivity index (χ2n) is 2.72. The number of allylic oxidation sites excluding steroid dienone is 4. The molecular weight excluding hydrogens is 134 g/mol. The number of aliphatic imine (C=N–C) groups is 1. The summed E-state index contributed by atoms with van der Waals surface area (Å²) in [6, 6.07) is 0. The van der Waals surface area contributed by atoms with Gasteiger partial charge < -0.3 is 0 Å². The summed E-state index contributed by atoms with van der Waals surface area (Å²) in [5.74, 6) is 0.565. The van der Waals surface area contributed by atoms with Gasteiger partial charge in [-0.25, -0.2) is 0 Å². The molecule has 1 unspecified atom stereocenters. The van der Waals surface area contributed by atoms with Gasteiger partial charge in [0, 0.05) is 18.7 Å². The van der Waals surface area contributed by atoms with Crippen molar-refractivity contribution < 1.29 is 0 Å². The minimum atomic E-state index is 0.565. The number of nitrogens with zero attached hydrogens (tertiary/aromatic N) is 1. The molecule has 1 aliphatic carbocycles. The van der Waals surface area contributed by atoms with Crippen LogP contribution in [0.1, 0.15) is 19.8 Å². The van der Waals surface area contributed by atoms with Gasteiger partial charge in [-0.3, -0.25) is 4.99 Å². The van der Waals surface area contributed by atoms with Crippen LogP contribution in [0.25, 0.3) is 0 Å². The largest absolute Gasteiger partial charge is 0.297 e. The molecule has 1 atom stereocenters. The average Bonchev–Trinajstić information content (AvgIpc) is 2.09. The first kappa shape index (κ1) is 8.25. The monoisotopic (exact) mass is 149 g/mol. The van der Waals surface area contributed by atoms with Gasteiger partial charge in [0.1, 0.15) is 0 Å². The Morgan fingerprint density at radius 2 is 2.36 bits per heavy atom. The Labute approximate surface area is 68.5 Å². The van der Waals surface area contributed by atoms with Gasteiger partial charge in [0.25, 0.3) is 0 Å². The summed E-state index contributed by atoms with van der Waals surface area (Å²) in [6.45, 7) is 2.16. The predicted molar refractivity (Wildman–Crippen MR) is 50.0 cm³/mol. The quantitative estimate of drug-likeness (QED) is 0.535. The van der Waals surface area contributed by atoms with Gasteiger partial charge in [0.05, 0.1) is 0 Å². The van der Waals surface area contributed by atoms with Crippen molar-refractivity contribution in [2.24, 2.45) is 10.9 Å². The van der Waals surface area contributed by atoms with Gasteiger partial charge in [-0.2, -0.15) is 0 Å². The third-order valence-corrected chi connectivity index (χ3v) is 2.06. The van der Waals surface area contributed by atoms with Gasteiger partial charge in [0.15, 0.2) is 0 Å². The maximum Gasteiger partial charge on any atom is 0.0276 e. The molecular formula is C10H15N. The molecule has 0 aliphatic heterocycles. The Morgan fingerprint density at radius 3 is 2.82 bits per heavy atom. The van der Waals surface area contributed by atoms with E-state index in [0.717, 1.165) is 12.8 Å². The average molecular weight is 149 g/mol. The molecule has 1 nitrogen and oxygen atoms in total. The summed E-state index contributed by atoms with van der Waals surface area (Å²) in [7, 11) is 1.88. The van der Waals surface area contributed by atoms with Crippen molar-refractivity contribution in [2.45, 2.75) is 19.8 Å². The molecule has 1 heteroatoms. The van der Waals surface area contributed by atoms with Crippen LogP contribution in [-0.4, -0.2) is 12.8 Å². The minimum Gasteiger partial charge on any atom is -0.297 e. The summed E-state index contributed by atoms with van der Waals surface area (Å²) in [6.07, 6.45) is 10.8. The molecule has 0 saturated heterocycles. The first-order chi connectivity index (χ1) is 5.38. The normalized spacial score (nSPS) is 24.2. The van der Waals surface area contributed by atoms with E-state index in [-0.39, 0.29) is 0 Å². The van der Waals surface area contributed by atoms with Crippen LogP contribution in [-0.2, 0) is 0 Å². The van der Waals surface area contributed by atoms with Crippen molar-refractivity contribution in [1.82, 2.24) is 0 Å². The van der Waals surface area contributed by atoms with Crippen molar-refractivity contribution in [3.8, 4) is 0 Å². The van der Waals surface area contributed by atoms with Crippen molar-refractivity contribution in [3.63, 3.8) is 0 Å². The summed E-state index contributed by atoms with van der Waals surface area (Å²) in [5.41, 5.74) is 1.31. The van der Waals surface area contributed by atoms with Crippen LogP contribution in [0.4, 0.5) is 0 Å². The van der Waals surface area contributed by atoms with E-state index < -0.39 is 0 Å². The van der Waals surface area contributed by atoms with E-state index in [2.05, 4.69) is 36.2 Å². The van der Waals surface area contributed by atoms with E-state index in [1.165, 1.54) is 5.71 Å². The maximum atomic E-state index is 4.26. The zero-order valence-corrected chi connectivity index (χ0v) is 7.25. The highest BCUT2D eigenvalue weighted by atomic mass is 14.7. The van der Waals surface area contributed by atoms with Crippen molar-refractivity contribution in [2.75, 3.05) is 7.05 Å². The van der Waals surface area contributed by atoms with E-state index in [4.69, 9.17) is 0 Å². The van der Waals surface area contributed by atoms with E-state index in [1.54, 1.807) is 0 Å². The van der Waals surface area contributed by atoms with Crippen LogP contribution in [0.2, 0.25) is 0 Å². The first-order valence-corrected chi connectivity index (χ1v) is 4.17. The third kappa shape index (κ3) is 2.04. The van der Waals surface area contributed by atoms with Crippen LogP contribution in [0.15, 0.2) is 29.3 Å². The Kier molecular flexibility index (Phi) is 3.09. The molecule has 11 heavy (non-hydrogen) atoms. The van der Waals surface area contributed by atoms with Crippen molar-refractivity contribution in [3.05, 3.63) is 24.3 Å². The highest BCUT2D eigenvalue weighted by Crippen LogP contribution is 2.14. The number of hydrogen-bond acceptors (Lipinski definition) is 1. The molecule has 0 aromatic heterocycles. The van der Waals surface area contributed by atoms with E-state index >= 15 is 0 Å². The van der Waals surface area contributed by atoms with Gasteiger partial charge in [-0.15, -0.1) is 0 Å². The third-order valence-electron chi connectivity index (χ3n) is 2.06. The standard InChI is InChI=1S/C10H15N/c1-3-10(11-2)9-7-5-4-6-8-9/h4-7,9H,3,8H2,1-2H3. The summed E-state index contributed by atoms with van der Waals surface area (Å²) in [4.78, 5) is 4.26. The van der Waals surface area contributed by atoms with Crippen LogP contribution >= 0.6 is 0 Å². The summed E-state index contributed by atoms with van der Waals surface area (Å²) in [5, 5.41) is 0. The number of rotatable bonds is 2. The molecule has 0 spiro atoms. The molecule has 1 aliphatic rings. The lowest BCUT2D eigenvalue weighted by molar-refractivity contribution is 0.843. The fourth-order valence-corrected chi connectivity index (χ4v) is 1.41. The zero-order chi connectivity index (χ0) is 8.10. The van der Waals surface area contributed by atoms with Gasteiger partial charge >= 0.3 is 0 Å². The fraction of sp³-hybridized carbons (Fsp3) is 0.500. The zero-order valence-electron chi connectivity index (χ0n) is 7.25. The van der Waals surface area contributed by atoms with Crippen LogP contribution in [0.3, 0.4) is 0 Å². The molecule has 0 N–H and O–H groups in total. The highest BCUT2D eigenvalue weighted by molar-refractivity contribution is 5.88. The molecule has 0 aromatic carbocycles. The lowest BCUT2D eigenvalue weighted by Gasteiger charge is -2.13. The topological polar surface area (TPSA) is 12.4 Å². The van der Waals surface area contributed by atoms with Crippen LogP contribution in [0, 0.1) is 5.92 Å². The molecule has 0 heterocycles. The molecule has 0 saturated carbocycles. The molecule has 0 aromatic rings.